The molecule has 0 bridgehead atoms. The highest BCUT2D eigenvalue weighted by atomic mass is 32.2. The topological polar surface area (TPSA) is 227 Å². The molecular formula is C61H86N8O10S2. The number of aliphatic carboxylic acids is 1. The standard InChI is InChI=1S/C31H44N4O5S.C30H42N4O5S/c1-6-21(2)27(34(3)30(38)25-14-15-28(36)32-25)19-35(18-23-12-9-11-22-10-7-8-13-24(22)23)20-29(37)33-26(16-17-41-5)31(39)40-4;1-5-20(2)26(33(3)29(37)24-13-14-27(35)31-24)18-34(19-28(36)32-25(30(38)39)15-16-40-4)17-22-11-8-10-21-9-6-7-12-23(21)22/h7-13,21,25-27H,6,14-20H2,1-5H3,(H,32,36)(H,33,37);6-12,20,24-26H,5,13-19H2,1-4H3,(H,31,35)(H,32,36)(H,38,39)/t21-,25-,26-,27+;20-,24-,25-,26+/m00/s1. The Hall–Kier alpha value is -6.22. The number of benzene rings is 4. The molecule has 4 aromatic rings. The van der Waals surface area contributed by atoms with E-state index in [0.717, 1.165) is 45.5 Å². The molecule has 2 aliphatic heterocycles. The fraction of sp³-hybridized carbons (Fsp3) is 0.541. The lowest BCUT2D eigenvalue weighted by atomic mass is 9.96. The molecule has 0 saturated carbocycles. The minimum atomic E-state index is -1.05. The van der Waals surface area contributed by atoms with E-state index in [1.165, 1.54) is 18.9 Å². The van der Waals surface area contributed by atoms with Crippen LogP contribution in [0, 0.1) is 11.8 Å². The minimum absolute atomic E-state index is 0.0125. The first kappa shape index (κ1) is 65.6. The zero-order valence-electron chi connectivity index (χ0n) is 48.7. The van der Waals surface area contributed by atoms with Crippen LogP contribution in [0.25, 0.3) is 21.5 Å². The molecule has 0 aliphatic carbocycles. The summed E-state index contributed by atoms with van der Waals surface area (Å²) in [6, 6.07) is 25.3. The molecular weight excluding hydrogens is 1070 g/mol. The first-order valence-electron chi connectivity index (χ1n) is 28.2. The molecule has 2 heterocycles. The summed E-state index contributed by atoms with van der Waals surface area (Å²) in [5.74, 6) is -1.02. The van der Waals surface area contributed by atoms with Gasteiger partial charge in [-0.2, -0.15) is 23.5 Å². The molecule has 5 N–H and O–H groups in total. The van der Waals surface area contributed by atoms with E-state index in [1.807, 2.05) is 76.9 Å². The Balaban J connectivity index is 0.000000297. The van der Waals surface area contributed by atoms with Gasteiger partial charge in [-0.1, -0.05) is 125 Å². The van der Waals surface area contributed by atoms with E-state index in [9.17, 15) is 43.5 Å². The average Bonchev–Trinajstić information content (AvgIpc) is 4.22. The van der Waals surface area contributed by atoms with Crippen molar-refractivity contribution in [1.29, 1.82) is 0 Å². The number of rotatable bonds is 30. The van der Waals surface area contributed by atoms with Gasteiger partial charge in [0.15, 0.2) is 0 Å². The zero-order chi connectivity index (χ0) is 59.2. The lowest BCUT2D eigenvalue weighted by Crippen LogP contribution is -2.54. The number of carbonyl (C=O) groups excluding carboxylic acids is 7. The Bertz CT molecular complexity index is 2760. The van der Waals surface area contributed by atoms with Crippen LogP contribution in [0.5, 0.6) is 0 Å². The van der Waals surface area contributed by atoms with E-state index in [2.05, 4.69) is 79.3 Å². The highest BCUT2D eigenvalue weighted by Crippen LogP contribution is 2.26. The molecule has 2 fully saturated rings. The third-order valence-corrected chi connectivity index (χ3v) is 17.0. The Morgan fingerprint density at radius 2 is 1.02 bits per heavy atom. The van der Waals surface area contributed by atoms with Gasteiger partial charge in [-0.25, -0.2) is 9.59 Å². The molecule has 0 spiro atoms. The number of fused-ring (bicyclic) bond motifs is 2. The molecule has 0 unspecified atom stereocenters. The third kappa shape index (κ3) is 19.5. The maximum atomic E-state index is 13.4. The second-order valence-corrected chi connectivity index (χ2v) is 23.4. The molecule has 0 radical (unpaired) electrons. The Morgan fingerprint density at radius 3 is 1.40 bits per heavy atom. The summed E-state index contributed by atoms with van der Waals surface area (Å²) >= 11 is 3.13. The van der Waals surface area contributed by atoms with Crippen molar-refractivity contribution < 1.29 is 48.2 Å². The lowest BCUT2D eigenvalue weighted by Gasteiger charge is -2.38. The molecule has 18 nitrogen and oxygen atoms in total. The van der Waals surface area contributed by atoms with Gasteiger partial charge < -0.3 is 40.9 Å². The molecule has 0 aromatic heterocycles. The average molecular weight is 1160 g/mol. The van der Waals surface area contributed by atoms with Crippen molar-refractivity contribution in [2.24, 2.45) is 11.8 Å². The van der Waals surface area contributed by atoms with E-state index < -0.39 is 36.1 Å². The summed E-state index contributed by atoms with van der Waals surface area (Å²) in [4.78, 5) is 109. The quantitative estimate of drug-likeness (QED) is 0.0361. The Labute approximate surface area is 486 Å². The normalized spacial score (nSPS) is 17.2. The third-order valence-electron chi connectivity index (χ3n) is 15.7. The maximum Gasteiger partial charge on any atom is 0.328 e. The smallest absolute Gasteiger partial charge is 0.328 e. The van der Waals surface area contributed by atoms with Gasteiger partial charge in [-0.15, -0.1) is 0 Å². The maximum absolute atomic E-state index is 13.4. The number of ether oxygens (including phenoxy) is 1. The number of nitrogens with zero attached hydrogens (tertiary/aromatic N) is 4. The molecule has 2 saturated heterocycles. The Kier molecular flexibility index (Phi) is 26.7. The zero-order valence-corrected chi connectivity index (χ0v) is 50.4. The second-order valence-electron chi connectivity index (χ2n) is 21.4. The largest absolute Gasteiger partial charge is 0.480 e. The van der Waals surface area contributed by atoms with Crippen LogP contribution in [0.15, 0.2) is 84.9 Å². The number of hydrogen-bond donors (Lipinski definition) is 5. The molecule has 2 aliphatic rings. The van der Waals surface area contributed by atoms with Crippen LogP contribution >= 0.6 is 23.5 Å². The number of carboxylic acid groups (broad SMARTS) is 1. The van der Waals surface area contributed by atoms with Crippen molar-refractivity contribution in [3.05, 3.63) is 96.1 Å². The number of hydrogen-bond acceptors (Lipinski definition) is 13. The van der Waals surface area contributed by atoms with E-state index >= 15 is 0 Å². The van der Waals surface area contributed by atoms with Gasteiger partial charge >= 0.3 is 11.9 Å². The van der Waals surface area contributed by atoms with Crippen molar-refractivity contribution in [2.75, 3.05) is 71.4 Å². The number of amides is 6. The van der Waals surface area contributed by atoms with Gasteiger partial charge in [0.25, 0.3) is 0 Å². The van der Waals surface area contributed by atoms with Crippen LogP contribution in [-0.4, -0.2) is 180 Å². The number of esters is 1. The summed E-state index contributed by atoms with van der Waals surface area (Å²) in [5.41, 5.74) is 2.12. The highest BCUT2D eigenvalue weighted by Gasteiger charge is 2.37. The van der Waals surface area contributed by atoms with Crippen molar-refractivity contribution in [1.82, 2.24) is 40.9 Å². The van der Waals surface area contributed by atoms with Gasteiger partial charge in [0.2, 0.25) is 35.4 Å². The van der Waals surface area contributed by atoms with Crippen molar-refractivity contribution in [3.63, 3.8) is 0 Å². The van der Waals surface area contributed by atoms with E-state index in [1.54, 1.807) is 35.7 Å². The summed E-state index contributed by atoms with van der Waals surface area (Å²) < 4.78 is 4.93. The predicted molar refractivity (Wildman–Crippen MR) is 322 cm³/mol. The van der Waals surface area contributed by atoms with Gasteiger partial charge in [0.1, 0.15) is 24.2 Å². The number of methoxy groups -OCH3 is 1. The van der Waals surface area contributed by atoms with E-state index in [0.29, 0.717) is 76.2 Å². The summed E-state index contributed by atoms with van der Waals surface area (Å²) in [7, 11) is 4.88. The van der Waals surface area contributed by atoms with Gasteiger partial charge in [-0.3, -0.25) is 38.6 Å². The fourth-order valence-corrected chi connectivity index (χ4v) is 11.5. The van der Waals surface area contributed by atoms with Crippen LogP contribution < -0.4 is 21.3 Å². The van der Waals surface area contributed by atoms with Crippen LogP contribution in [0.4, 0.5) is 0 Å². The highest BCUT2D eigenvalue weighted by molar-refractivity contribution is 7.98. The molecule has 20 heteroatoms. The number of carboxylic acids is 1. The number of nitrogens with one attached hydrogen (secondary N) is 4. The fourth-order valence-electron chi connectivity index (χ4n) is 10.6. The monoisotopic (exact) mass is 1150 g/mol. The van der Waals surface area contributed by atoms with Crippen molar-refractivity contribution >= 4 is 92.5 Å². The summed E-state index contributed by atoms with van der Waals surface area (Å²) in [6.45, 7) is 10.2. The van der Waals surface area contributed by atoms with Crippen molar-refractivity contribution in [3.8, 4) is 0 Å². The summed E-state index contributed by atoms with van der Waals surface area (Å²) in [6.07, 6.45) is 7.98. The molecule has 4 aromatic carbocycles. The number of likely N-dealkylation sites (N-methyl/N-ethyl adjacent to an activating group) is 2. The van der Waals surface area contributed by atoms with Gasteiger partial charge in [0, 0.05) is 65.2 Å². The predicted octanol–water partition coefficient (Wildman–Crippen LogP) is 6.32. The van der Waals surface area contributed by atoms with Crippen LogP contribution in [0.1, 0.15) is 90.2 Å². The van der Waals surface area contributed by atoms with Crippen LogP contribution in [0.3, 0.4) is 0 Å². The number of carbonyl (C=O) groups is 8. The van der Waals surface area contributed by atoms with Gasteiger partial charge in [-0.05, 0) is 94.2 Å². The SMILES string of the molecule is CC[C@H](C)[C@@H](CN(CC(=O)N[C@@H](CCSC)C(=O)O)Cc1cccc2ccccc12)N(C)C(=O)[C@@H]1CCC(=O)N1.CC[C@H](C)[C@@H](CN(CC(=O)N[C@@H](CCSC)C(=O)OC)Cc1cccc2ccccc12)N(C)C(=O)[C@@H]1CCC(=O)N1. The minimum Gasteiger partial charge on any atom is -0.480 e. The first-order valence-corrected chi connectivity index (χ1v) is 31.0. The van der Waals surface area contributed by atoms with Gasteiger partial charge in [0.05, 0.1) is 20.2 Å². The first-order chi connectivity index (χ1) is 38.8. The number of thioether (sulfide) groups is 2. The Morgan fingerprint density at radius 1 is 0.630 bits per heavy atom. The molecule has 442 valence electrons. The van der Waals surface area contributed by atoms with E-state index in [4.69, 9.17) is 4.74 Å². The molecule has 8 atom stereocenters. The van der Waals surface area contributed by atoms with Crippen molar-refractivity contribution in [2.45, 2.75) is 128 Å². The molecule has 6 rings (SSSR count). The lowest BCUT2D eigenvalue weighted by molar-refractivity contribution is -0.145. The van der Waals surface area contributed by atoms with Crippen LogP contribution in [0.2, 0.25) is 0 Å². The molecule has 6 amide bonds. The summed E-state index contributed by atoms with van der Waals surface area (Å²) in [5, 5.41) is 25.2. The second kappa shape index (κ2) is 33.0. The van der Waals surface area contributed by atoms with Crippen LogP contribution in [-0.2, 0) is 56.2 Å². The van der Waals surface area contributed by atoms with E-state index in [-0.39, 0.29) is 72.5 Å². The molecule has 81 heavy (non-hydrogen) atoms.